The van der Waals surface area contributed by atoms with Gasteiger partial charge in [0.1, 0.15) is 11.6 Å². The van der Waals surface area contributed by atoms with Crippen molar-refractivity contribution in [2.45, 2.75) is 19.4 Å². The van der Waals surface area contributed by atoms with Crippen LogP contribution in [0.15, 0.2) is 42.5 Å². The van der Waals surface area contributed by atoms with E-state index < -0.39 is 17.7 Å². The Hall–Kier alpha value is -1.74. The zero-order valence-corrected chi connectivity index (χ0v) is 10.2. The molecule has 2 aromatic carbocycles. The minimum Gasteiger partial charge on any atom is -0.324 e. The van der Waals surface area contributed by atoms with E-state index in [9.17, 15) is 8.78 Å². The number of hydrogen-bond acceptors (Lipinski definition) is 1. The topological polar surface area (TPSA) is 26.0 Å². The Kier molecular flexibility index (Phi) is 3.72. The van der Waals surface area contributed by atoms with E-state index in [2.05, 4.69) is 0 Å². The van der Waals surface area contributed by atoms with Crippen LogP contribution in [0, 0.1) is 18.6 Å². The molecule has 0 fully saturated rings. The van der Waals surface area contributed by atoms with Crippen molar-refractivity contribution in [3.8, 4) is 0 Å². The summed E-state index contributed by atoms with van der Waals surface area (Å²) in [5, 5.41) is 0. The number of benzene rings is 2. The van der Waals surface area contributed by atoms with Crippen LogP contribution in [0.2, 0.25) is 0 Å². The van der Waals surface area contributed by atoms with Gasteiger partial charge in [-0.05, 0) is 36.6 Å². The summed E-state index contributed by atoms with van der Waals surface area (Å²) in [6, 6.07) is 10.9. The number of aryl methyl sites for hydroxylation is 1. The maximum absolute atomic E-state index is 13.1. The van der Waals surface area contributed by atoms with Crippen LogP contribution >= 0.6 is 0 Å². The van der Waals surface area contributed by atoms with E-state index in [1.807, 2.05) is 31.2 Å². The molecule has 0 heterocycles. The van der Waals surface area contributed by atoms with Gasteiger partial charge in [0.05, 0.1) is 0 Å². The van der Waals surface area contributed by atoms with E-state index >= 15 is 0 Å². The van der Waals surface area contributed by atoms with Gasteiger partial charge in [-0.1, -0.05) is 29.8 Å². The second-order valence-corrected chi connectivity index (χ2v) is 4.50. The Balaban J connectivity index is 2.19. The van der Waals surface area contributed by atoms with E-state index in [1.54, 1.807) is 0 Å². The molecule has 94 valence electrons. The van der Waals surface area contributed by atoms with Gasteiger partial charge in [-0.3, -0.25) is 0 Å². The summed E-state index contributed by atoms with van der Waals surface area (Å²) in [4.78, 5) is 0. The molecule has 0 bridgehead atoms. The largest absolute Gasteiger partial charge is 0.324 e. The van der Waals surface area contributed by atoms with Crippen LogP contribution in [0.1, 0.15) is 22.7 Å². The summed E-state index contributed by atoms with van der Waals surface area (Å²) >= 11 is 0. The van der Waals surface area contributed by atoms with Crippen molar-refractivity contribution in [3.63, 3.8) is 0 Å². The first-order chi connectivity index (χ1) is 8.54. The smallest absolute Gasteiger partial charge is 0.126 e. The maximum Gasteiger partial charge on any atom is 0.126 e. The summed E-state index contributed by atoms with van der Waals surface area (Å²) in [5.74, 6) is -1.19. The fourth-order valence-corrected chi connectivity index (χ4v) is 2.00. The standard InChI is InChI=1S/C15H15F2N/c1-10-3-2-4-11(5-10)6-15(18)12-7-13(16)9-14(17)8-12/h2-5,7-9,15H,6,18H2,1H3. The Morgan fingerprint density at radius 1 is 1.06 bits per heavy atom. The molecule has 0 aliphatic carbocycles. The van der Waals surface area contributed by atoms with E-state index in [1.165, 1.54) is 12.1 Å². The minimum atomic E-state index is -0.593. The number of halogens is 2. The Morgan fingerprint density at radius 2 is 1.72 bits per heavy atom. The first-order valence-corrected chi connectivity index (χ1v) is 5.82. The average molecular weight is 247 g/mol. The first kappa shape index (κ1) is 12.7. The van der Waals surface area contributed by atoms with Gasteiger partial charge in [0.15, 0.2) is 0 Å². The van der Waals surface area contributed by atoms with Gasteiger partial charge >= 0.3 is 0 Å². The molecule has 0 spiro atoms. The van der Waals surface area contributed by atoms with Gasteiger partial charge in [-0.25, -0.2) is 8.78 Å². The first-order valence-electron chi connectivity index (χ1n) is 5.82. The molecule has 2 rings (SSSR count). The molecule has 0 aromatic heterocycles. The molecule has 0 aliphatic rings. The molecule has 0 amide bonds. The lowest BCUT2D eigenvalue weighted by molar-refractivity contribution is 0.572. The van der Waals surface area contributed by atoms with Crippen molar-refractivity contribution >= 4 is 0 Å². The fraction of sp³-hybridized carbons (Fsp3) is 0.200. The lowest BCUT2D eigenvalue weighted by atomic mass is 9.98. The molecule has 0 radical (unpaired) electrons. The zero-order chi connectivity index (χ0) is 13.1. The van der Waals surface area contributed by atoms with Gasteiger partial charge in [-0.2, -0.15) is 0 Å². The van der Waals surface area contributed by atoms with Gasteiger partial charge < -0.3 is 5.73 Å². The molecule has 0 saturated heterocycles. The predicted molar refractivity (Wildman–Crippen MR) is 68.2 cm³/mol. The lowest BCUT2D eigenvalue weighted by Crippen LogP contribution is -2.14. The second kappa shape index (κ2) is 5.27. The quantitative estimate of drug-likeness (QED) is 0.882. The van der Waals surface area contributed by atoms with Crippen LogP contribution in [0.25, 0.3) is 0 Å². The molecular weight excluding hydrogens is 232 g/mol. The van der Waals surface area contributed by atoms with Crippen LogP contribution in [0.3, 0.4) is 0 Å². The highest BCUT2D eigenvalue weighted by Crippen LogP contribution is 2.19. The third kappa shape index (κ3) is 3.14. The minimum absolute atomic E-state index is 0.406. The second-order valence-electron chi connectivity index (χ2n) is 4.50. The van der Waals surface area contributed by atoms with Crippen molar-refractivity contribution in [2.75, 3.05) is 0 Å². The van der Waals surface area contributed by atoms with Crippen molar-refractivity contribution in [2.24, 2.45) is 5.73 Å². The normalized spacial score (nSPS) is 12.4. The van der Waals surface area contributed by atoms with Gasteiger partial charge in [-0.15, -0.1) is 0 Å². The predicted octanol–water partition coefficient (Wildman–Crippen LogP) is 3.52. The monoisotopic (exact) mass is 247 g/mol. The third-order valence-electron chi connectivity index (χ3n) is 2.85. The van der Waals surface area contributed by atoms with Crippen molar-refractivity contribution in [3.05, 3.63) is 70.8 Å². The van der Waals surface area contributed by atoms with Gasteiger partial charge in [0.2, 0.25) is 0 Å². The van der Waals surface area contributed by atoms with Crippen LogP contribution in [-0.2, 0) is 6.42 Å². The molecule has 1 nitrogen and oxygen atoms in total. The number of hydrogen-bond donors (Lipinski definition) is 1. The molecular formula is C15H15F2N. The van der Waals surface area contributed by atoms with E-state index in [0.29, 0.717) is 12.0 Å². The summed E-state index contributed by atoms with van der Waals surface area (Å²) in [7, 11) is 0. The Bertz CT molecular complexity index is 532. The van der Waals surface area contributed by atoms with E-state index in [0.717, 1.165) is 17.2 Å². The summed E-state index contributed by atoms with van der Waals surface area (Å²) < 4.78 is 26.2. The molecule has 0 aliphatic heterocycles. The Labute approximate surface area is 105 Å². The third-order valence-corrected chi connectivity index (χ3v) is 2.85. The van der Waals surface area contributed by atoms with Crippen LogP contribution in [-0.4, -0.2) is 0 Å². The molecule has 1 unspecified atom stereocenters. The Morgan fingerprint density at radius 3 is 2.33 bits per heavy atom. The summed E-state index contributed by atoms with van der Waals surface area (Å²) in [6.07, 6.45) is 0.560. The number of nitrogens with two attached hydrogens (primary N) is 1. The van der Waals surface area contributed by atoms with Crippen molar-refractivity contribution < 1.29 is 8.78 Å². The molecule has 1 atom stereocenters. The van der Waals surface area contributed by atoms with Gasteiger partial charge in [0.25, 0.3) is 0 Å². The maximum atomic E-state index is 13.1. The van der Waals surface area contributed by atoms with Crippen LogP contribution in [0.4, 0.5) is 8.78 Å². The molecule has 2 aromatic rings. The molecule has 3 heteroatoms. The van der Waals surface area contributed by atoms with E-state index in [4.69, 9.17) is 5.73 Å². The van der Waals surface area contributed by atoms with Gasteiger partial charge in [0, 0.05) is 12.1 Å². The van der Waals surface area contributed by atoms with Crippen LogP contribution < -0.4 is 5.73 Å². The van der Waals surface area contributed by atoms with Crippen LogP contribution in [0.5, 0.6) is 0 Å². The highest BCUT2D eigenvalue weighted by Gasteiger charge is 2.10. The highest BCUT2D eigenvalue weighted by molar-refractivity contribution is 5.27. The summed E-state index contributed by atoms with van der Waals surface area (Å²) in [6.45, 7) is 2.00. The zero-order valence-electron chi connectivity index (χ0n) is 10.2. The molecule has 0 saturated carbocycles. The highest BCUT2D eigenvalue weighted by atomic mass is 19.1. The number of rotatable bonds is 3. The lowest BCUT2D eigenvalue weighted by Gasteiger charge is -2.13. The van der Waals surface area contributed by atoms with Crippen molar-refractivity contribution in [1.82, 2.24) is 0 Å². The van der Waals surface area contributed by atoms with Crippen molar-refractivity contribution in [1.29, 1.82) is 0 Å². The average Bonchev–Trinajstić information content (AvgIpc) is 2.27. The van der Waals surface area contributed by atoms with E-state index in [-0.39, 0.29) is 0 Å². The summed E-state index contributed by atoms with van der Waals surface area (Å²) in [5.41, 5.74) is 8.67. The molecule has 18 heavy (non-hydrogen) atoms. The molecule has 2 N–H and O–H groups in total. The fourth-order valence-electron chi connectivity index (χ4n) is 2.00. The SMILES string of the molecule is Cc1cccc(CC(N)c2cc(F)cc(F)c2)c1.